The van der Waals surface area contributed by atoms with Gasteiger partial charge in [-0.25, -0.2) is 0 Å². The van der Waals surface area contributed by atoms with Crippen LogP contribution < -0.4 is 21.7 Å². The molecular formula is C27H36N4O4. The van der Waals surface area contributed by atoms with Crippen LogP contribution in [0.2, 0.25) is 0 Å². The number of hydrogen-bond acceptors (Lipinski definition) is 4. The van der Waals surface area contributed by atoms with Crippen LogP contribution in [0.3, 0.4) is 0 Å². The molecule has 188 valence electrons. The van der Waals surface area contributed by atoms with E-state index in [9.17, 15) is 19.2 Å². The molecular weight excluding hydrogens is 444 g/mol. The third-order valence-corrected chi connectivity index (χ3v) is 5.46. The molecule has 0 unspecified atom stereocenters. The Hall–Kier alpha value is -3.68. The van der Waals surface area contributed by atoms with Gasteiger partial charge in [-0.1, -0.05) is 79.9 Å². The Bertz CT molecular complexity index is 844. The van der Waals surface area contributed by atoms with Crippen LogP contribution in [0.25, 0.3) is 0 Å². The number of carbonyl (C=O) groups excluding carboxylic acids is 4. The SMILES string of the molecule is O=C(CCCCCCCC(=O)NNC(=O)CCc1ccccc1)NNC(=O)CCc1ccccc1. The van der Waals surface area contributed by atoms with Crippen LogP contribution in [-0.2, 0) is 32.0 Å². The fourth-order valence-corrected chi connectivity index (χ4v) is 3.44. The van der Waals surface area contributed by atoms with Gasteiger partial charge in [0, 0.05) is 25.7 Å². The molecule has 0 saturated heterocycles. The molecule has 0 aliphatic rings. The average Bonchev–Trinajstić information content (AvgIpc) is 2.89. The first-order valence-electron chi connectivity index (χ1n) is 12.3. The highest BCUT2D eigenvalue weighted by Crippen LogP contribution is 2.07. The van der Waals surface area contributed by atoms with Crippen LogP contribution in [0.15, 0.2) is 60.7 Å². The Labute approximate surface area is 207 Å². The fraction of sp³-hybridized carbons (Fsp3) is 0.407. The van der Waals surface area contributed by atoms with E-state index in [0.717, 1.165) is 43.2 Å². The minimum absolute atomic E-state index is 0.208. The molecule has 0 aliphatic heterocycles. The van der Waals surface area contributed by atoms with E-state index >= 15 is 0 Å². The lowest BCUT2D eigenvalue weighted by Crippen LogP contribution is -2.41. The third-order valence-electron chi connectivity index (χ3n) is 5.46. The van der Waals surface area contributed by atoms with Crippen LogP contribution >= 0.6 is 0 Å². The number of hydrazine groups is 2. The lowest BCUT2D eigenvalue weighted by atomic mass is 10.1. The van der Waals surface area contributed by atoms with Gasteiger partial charge < -0.3 is 0 Å². The second-order valence-electron chi connectivity index (χ2n) is 8.43. The lowest BCUT2D eigenvalue weighted by molar-refractivity contribution is -0.129. The molecule has 4 N–H and O–H groups in total. The summed E-state index contributed by atoms with van der Waals surface area (Å²) < 4.78 is 0. The molecule has 0 fully saturated rings. The molecule has 0 bridgehead atoms. The van der Waals surface area contributed by atoms with Crippen molar-refractivity contribution in [2.24, 2.45) is 0 Å². The summed E-state index contributed by atoms with van der Waals surface area (Å²) in [6.45, 7) is 0. The molecule has 0 spiro atoms. The van der Waals surface area contributed by atoms with Crippen molar-refractivity contribution in [3.8, 4) is 0 Å². The van der Waals surface area contributed by atoms with Crippen molar-refractivity contribution in [2.45, 2.75) is 70.6 Å². The van der Waals surface area contributed by atoms with Crippen molar-refractivity contribution < 1.29 is 19.2 Å². The number of unbranched alkanes of at least 4 members (excludes halogenated alkanes) is 4. The molecule has 0 aromatic heterocycles. The average molecular weight is 481 g/mol. The zero-order chi connectivity index (χ0) is 25.1. The van der Waals surface area contributed by atoms with Crippen molar-refractivity contribution in [3.63, 3.8) is 0 Å². The molecule has 8 nitrogen and oxygen atoms in total. The summed E-state index contributed by atoms with van der Waals surface area (Å²) in [4.78, 5) is 47.3. The summed E-state index contributed by atoms with van der Waals surface area (Å²) >= 11 is 0. The number of hydrogen-bond donors (Lipinski definition) is 4. The predicted molar refractivity (Wildman–Crippen MR) is 134 cm³/mol. The molecule has 2 rings (SSSR count). The Balaban J connectivity index is 1.39. The number of rotatable bonds is 14. The molecule has 35 heavy (non-hydrogen) atoms. The highest BCUT2D eigenvalue weighted by molar-refractivity contribution is 5.82. The highest BCUT2D eigenvalue weighted by Gasteiger charge is 2.07. The van der Waals surface area contributed by atoms with E-state index in [1.807, 2.05) is 60.7 Å². The van der Waals surface area contributed by atoms with E-state index in [0.29, 0.717) is 38.5 Å². The van der Waals surface area contributed by atoms with Gasteiger partial charge in [0.05, 0.1) is 0 Å². The van der Waals surface area contributed by atoms with Crippen LogP contribution in [0.5, 0.6) is 0 Å². The fourth-order valence-electron chi connectivity index (χ4n) is 3.44. The van der Waals surface area contributed by atoms with Gasteiger partial charge in [-0.05, 0) is 36.8 Å². The second-order valence-corrected chi connectivity index (χ2v) is 8.43. The van der Waals surface area contributed by atoms with Crippen molar-refractivity contribution in [2.75, 3.05) is 0 Å². The lowest BCUT2D eigenvalue weighted by Gasteiger charge is -2.08. The van der Waals surface area contributed by atoms with Gasteiger partial charge in [0.1, 0.15) is 0 Å². The summed E-state index contributed by atoms with van der Waals surface area (Å²) in [6, 6.07) is 19.4. The normalized spacial score (nSPS) is 10.3. The van der Waals surface area contributed by atoms with Gasteiger partial charge >= 0.3 is 0 Å². The summed E-state index contributed by atoms with van der Waals surface area (Å²) in [7, 11) is 0. The maximum Gasteiger partial charge on any atom is 0.238 e. The number of aryl methyl sites for hydroxylation is 2. The molecule has 2 aromatic rings. The number of nitrogens with one attached hydrogen (secondary N) is 4. The topological polar surface area (TPSA) is 116 Å². The molecule has 0 aliphatic carbocycles. The van der Waals surface area contributed by atoms with Crippen LogP contribution in [0.1, 0.15) is 68.9 Å². The van der Waals surface area contributed by atoms with E-state index in [1.54, 1.807) is 0 Å². The van der Waals surface area contributed by atoms with E-state index < -0.39 is 0 Å². The number of benzene rings is 2. The summed E-state index contributed by atoms with van der Waals surface area (Å²) in [5.41, 5.74) is 12.0. The molecule has 0 atom stereocenters. The van der Waals surface area contributed by atoms with Gasteiger partial charge in [0.15, 0.2) is 0 Å². The monoisotopic (exact) mass is 480 g/mol. The van der Waals surface area contributed by atoms with E-state index in [2.05, 4.69) is 21.7 Å². The Morgan fingerprint density at radius 2 is 0.743 bits per heavy atom. The van der Waals surface area contributed by atoms with Gasteiger partial charge in [-0.15, -0.1) is 0 Å². The zero-order valence-corrected chi connectivity index (χ0v) is 20.2. The number of amides is 4. The first-order valence-corrected chi connectivity index (χ1v) is 12.3. The smallest absolute Gasteiger partial charge is 0.238 e. The van der Waals surface area contributed by atoms with Crippen LogP contribution in [0.4, 0.5) is 0 Å². The summed E-state index contributed by atoms with van der Waals surface area (Å²) in [5, 5.41) is 0. The van der Waals surface area contributed by atoms with E-state index in [4.69, 9.17) is 0 Å². The second kappa shape index (κ2) is 16.9. The first kappa shape index (κ1) is 27.6. The van der Waals surface area contributed by atoms with Gasteiger partial charge in [-0.2, -0.15) is 0 Å². The van der Waals surface area contributed by atoms with Crippen molar-refractivity contribution >= 4 is 23.6 Å². The van der Waals surface area contributed by atoms with Crippen molar-refractivity contribution in [3.05, 3.63) is 71.8 Å². The third kappa shape index (κ3) is 13.6. The van der Waals surface area contributed by atoms with Gasteiger partial charge in [0.25, 0.3) is 0 Å². The van der Waals surface area contributed by atoms with E-state index in [1.165, 1.54) is 0 Å². The molecule has 0 radical (unpaired) electrons. The molecule has 2 aromatic carbocycles. The van der Waals surface area contributed by atoms with Crippen LogP contribution in [-0.4, -0.2) is 23.6 Å². The summed E-state index contributed by atoms with van der Waals surface area (Å²) in [6.07, 6.45) is 6.65. The highest BCUT2D eigenvalue weighted by atomic mass is 16.2. The van der Waals surface area contributed by atoms with Crippen LogP contribution in [0, 0.1) is 0 Å². The molecule has 4 amide bonds. The number of carbonyl (C=O) groups is 4. The quantitative estimate of drug-likeness (QED) is 0.245. The maximum atomic E-state index is 11.8. The largest absolute Gasteiger partial charge is 0.273 e. The summed E-state index contributed by atoms with van der Waals surface area (Å²) in [5.74, 6) is -0.846. The molecule has 8 heteroatoms. The van der Waals surface area contributed by atoms with E-state index in [-0.39, 0.29) is 23.6 Å². The van der Waals surface area contributed by atoms with Gasteiger partial charge in [0.2, 0.25) is 23.6 Å². The molecule has 0 saturated carbocycles. The van der Waals surface area contributed by atoms with Crippen molar-refractivity contribution in [1.29, 1.82) is 0 Å². The Morgan fingerprint density at radius 3 is 1.11 bits per heavy atom. The minimum atomic E-state index is -0.215. The molecule has 0 heterocycles. The predicted octanol–water partition coefficient (Wildman–Crippen LogP) is 3.28. The van der Waals surface area contributed by atoms with Gasteiger partial charge in [-0.3, -0.25) is 40.9 Å². The standard InChI is InChI=1S/C27H36N4O4/c32-24(28-30-26(34)20-18-22-12-6-4-7-13-22)16-10-2-1-3-11-17-25(33)29-31-27(35)21-19-23-14-8-5-9-15-23/h4-9,12-15H,1-3,10-11,16-21H2,(H,28,32)(H,29,33)(H,30,34)(H,31,35). The van der Waals surface area contributed by atoms with Crippen molar-refractivity contribution in [1.82, 2.24) is 21.7 Å². The zero-order valence-electron chi connectivity index (χ0n) is 20.2. The maximum absolute atomic E-state index is 11.8. The minimum Gasteiger partial charge on any atom is -0.273 e. The first-order chi connectivity index (χ1) is 17.0. The Kier molecular flexibility index (Phi) is 13.3. The Morgan fingerprint density at radius 1 is 0.429 bits per heavy atom.